The normalized spacial score (nSPS) is 20.4. The van der Waals surface area contributed by atoms with Gasteiger partial charge in [-0.05, 0) is 79.6 Å². The van der Waals surface area contributed by atoms with Gasteiger partial charge in [-0.3, -0.25) is 9.59 Å². The molecule has 2 aromatic carbocycles. The second kappa shape index (κ2) is 12.1. The summed E-state index contributed by atoms with van der Waals surface area (Å²) in [6, 6.07) is 17.9. The maximum atomic E-state index is 12.6. The summed E-state index contributed by atoms with van der Waals surface area (Å²) in [7, 11) is 0. The van der Waals surface area contributed by atoms with Gasteiger partial charge in [-0.1, -0.05) is 32.0 Å². The Bertz CT molecular complexity index is 1700. The number of rotatable bonds is 9. The fourth-order valence-corrected chi connectivity index (χ4v) is 6.34. The van der Waals surface area contributed by atoms with Crippen molar-refractivity contribution in [2.45, 2.75) is 77.3 Å². The van der Waals surface area contributed by atoms with Crippen LogP contribution in [0.2, 0.25) is 0 Å². The van der Waals surface area contributed by atoms with Crippen molar-refractivity contribution in [1.29, 1.82) is 0 Å². The number of ether oxygens (including phenoxy) is 1. The van der Waals surface area contributed by atoms with Crippen LogP contribution >= 0.6 is 0 Å². The number of carbonyl (C=O) groups is 2. The van der Waals surface area contributed by atoms with Gasteiger partial charge < -0.3 is 19.1 Å². The second-order valence-electron chi connectivity index (χ2n) is 13.0. The molecule has 3 aliphatic rings. The summed E-state index contributed by atoms with van der Waals surface area (Å²) in [5.74, 6) is 3.09. The topological polar surface area (TPSA) is 115 Å². The molecule has 0 bridgehead atoms. The summed E-state index contributed by atoms with van der Waals surface area (Å²) in [5, 5.41) is 13.0. The zero-order valence-electron chi connectivity index (χ0n) is 26.0. The van der Waals surface area contributed by atoms with Gasteiger partial charge >= 0.3 is 0 Å². The van der Waals surface area contributed by atoms with Crippen LogP contribution in [-0.4, -0.2) is 61.1 Å². The zero-order valence-corrected chi connectivity index (χ0v) is 26.0. The molecule has 7 rings (SSSR count). The summed E-state index contributed by atoms with van der Waals surface area (Å²) < 4.78 is 12.2. The number of amides is 2. The van der Waals surface area contributed by atoms with Gasteiger partial charge in [0.05, 0.1) is 11.4 Å². The van der Waals surface area contributed by atoms with Crippen molar-refractivity contribution in [3.63, 3.8) is 0 Å². The van der Waals surface area contributed by atoms with Crippen molar-refractivity contribution in [1.82, 2.24) is 30.1 Å². The van der Waals surface area contributed by atoms with Gasteiger partial charge in [0.2, 0.25) is 11.8 Å². The van der Waals surface area contributed by atoms with E-state index in [2.05, 4.69) is 36.1 Å². The summed E-state index contributed by atoms with van der Waals surface area (Å²) >= 11 is 0. The predicted molar refractivity (Wildman–Crippen MR) is 167 cm³/mol. The molecule has 2 saturated heterocycles. The lowest BCUT2D eigenvalue weighted by Crippen LogP contribution is -2.40. The van der Waals surface area contributed by atoms with E-state index in [0.29, 0.717) is 72.6 Å². The summed E-state index contributed by atoms with van der Waals surface area (Å²) in [5.41, 5.74) is 4.29. The van der Waals surface area contributed by atoms with Crippen LogP contribution in [0.3, 0.4) is 0 Å². The van der Waals surface area contributed by atoms with Gasteiger partial charge in [-0.25, -0.2) is 0 Å². The molecule has 10 nitrogen and oxygen atoms in total. The molecule has 2 atom stereocenters. The molecule has 2 amide bonds. The van der Waals surface area contributed by atoms with Crippen LogP contribution in [0.5, 0.6) is 11.5 Å². The Labute approximate surface area is 262 Å². The van der Waals surface area contributed by atoms with E-state index in [0.717, 1.165) is 41.9 Å². The minimum absolute atomic E-state index is 0.0708. The quantitative estimate of drug-likeness (QED) is 0.217. The summed E-state index contributed by atoms with van der Waals surface area (Å²) in [6.45, 7) is 8.09. The van der Waals surface area contributed by atoms with Crippen LogP contribution < -0.4 is 4.74 Å². The Morgan fingerprint density at radius 3 is 2.40 bits per heavy atom. The molecule has 45 heavy (non-hydrogen) atoms. The third kappa shape index (κ3) is 6.06. The lowest BCUT2D eigenvalue weighted by Gasteiger charge is -2.34. The van der Waals surface area contributed by atoms with Crippen molar-refractivity contribution in [3.8, 4) is 34.2 Å². The molecule has 2 aromatic heterocycles. The fourth-order valence-electron chi connectivity index (χ4n) is 6.34. The van der Waals surface area contributed by atoms with E-state index in [1.807, 2.05) is 64.4 Å². The lowest BCUT2D eigenvalue weighted by atomic mass is 9.92. The molecular formula is C35H38N6O4. The Morgan fingerprint density at radius 1 is 0.933 bits per heavy atom. The minimum Gasteiger partial charge on any atom is -0.457 e. The van der Waals surface area contributed by atoms with Gasteiger partial charge in [-0.2, -0.15) is 15.2 Å². The molecule has 1 unspecified atom stereocenters. The van der Waals surface area contributed by atoms with Crippen LogP contribution in [0.1, 0.15) is 81.8 Å². The molecule has 2 aliphatic heterocycles. The Morgan fingerprint density at radius 2 is 1.73 bits per heavy atom. The zero-order chi connectivity index (χ0) is 31.1. The van der Waals surface area contributed by atoms with Gasteiger partial charge in [0.15, 0.2) is 5.82 Å². The summed E-state index contributed by atoms with van der Waals surface area (Å²) in [6.07, 6.45) is 4.31. The molecule has 3 fully saturated rings. The first-order valence-electron chi connectivity index (χ1n) is 16.0. The van der Waals surface area contributed by atoms with Crippen LogP contribution in [-0.2, 0) is 16.1 Å². The van der Waals surface area contributed by atoms with E-state index in [1.54, 1.807) is 0 Å². The first-order valence-corrected chi connectivity index (χ1v) is 16.0. The fraction of sp³-hybridized carbons (Fsp3) is 0.429. The molecule has 10 heteroatoms. The van der Waals surface area contributed by atoms with Crippen molar-refractivity contribution in [2.24, 2.45) is 5.92 Å². The third-order valence-corrected chi connectivity index (χ3v) is 9.22. The van der Waals surface area contributed by atoms with E-state index in [9.17, 15) is 9.59 Å². The smallest absolute Gasteiger partial charge is 0.258 e. The minimum atomic E-state index is -0.0708. The molecule has 1 saturated carbocycles. The number of benzene rings is 2. The van der Waals surface area contributed by atoms with Crippen LogP contribution in [0, 0.1) is 5.92 Å². The molecule has 0 radical (unpaired) electrons. The molecule has 0 spiro atoms. The largest absolute Gasteiger partial charge is 0.457 e. The Hall–Kier alpha value is -4.60. The number of likely N-dealkylation sites (tertiary alicyclic amines) is 2. The van der Waals surface area contributed by atoms with Gasteiger partial charge in [0, 0.05) is 61.1 Å². The summed E-state index contributed by atoms with van der Waals surface area (Å²) in [4.78, 5) is 33.8. The monoisotopic (exact) mass is 606 g/mol. The van der Waals surface area contributed by atoms with Gasteiger partial charge in [0.1, 0.15) is 11.5 Å². The second-order valence-corrected chi connectivity index (χ2v) is 13.0. The van der Waals surface area contributed by atoms with E-state index in [4.69, 9.17) is 14.2 Å². The number of hydrogen-bond donors (Lipinski definition) is 0. The Kier molecular flexibility index (Phi) is 7.81. The first kappa shape index (κ1) is 29.1. The average Bonchev–Trinajstić information content (AvgIpc) is 3.72. The predicted octanol–water partition coefficient (Wildman–Crippen LogP) is 6.35. The highest BCUT2D eigenvalue weighted by molar-refractivity contribution is 5.80. The molecule has 0 N–H and O–H groups in total. The highest BCUT2D eigenvalue weighted by atomic mass is 16.5. The van der Waals surface area contributed by atoms with Gasteiger partial charge in [-0.15, -0.1) is 0 Å². The van der Waals surface area contributed by atoms with E-state index >= 15 is 0 Å². The maximum Gasteiger partial charge on any atom is 0.258 e. The standard InChI is InChI=1S/C35H38N6O4/c1-21(2)29-13-14-30(38-37-29)23-9-11-28(12-10-23)44-31-16-24(7-8-25(31)19-40-18-22(3)15-32(40)42)35-36-34(39-45-35)26-17-33(43)41(20-26)27-5-4-6-27/h7-14,16,21-22,26-27H,4-6,15,17-20H2,1-3H3/t22-,26?/m0/s1. The average molecular weight is 607 g/mol. The van der Waals surface area contributed by atoms with E-state index < -0.39 is 0 Å². The first-order chi connectivity index (χ1) is 21.8. The molecule has 4 aromatic rings. The number of hydrogen-bond acceptors (Lipinski definition) is 8. The molecule has 232 valence electrons. The lowest BCUT2D eigenvalue weighted by molar-refractivity contribution is -0.131. The maximum absolute atomic E-state index is 12.6. The molecule has 4 heterocycles. The van der Waals surface area contributed by atoms with Gasteiger partial charge in [0.25, 0.3) is 5.89 Å². The van der Waals surface area contributed by atoms with Crippen molar-refractivity contribution in [3.05, 3.63) is 71.7 Å². The van der Waals surface area contributed by atoms with Crippen LogP contribution in [0.4, 0.5) is 0 Å². The Balaban J connectivity index is 1.13. The third-order valence-electron chi connectivity index (χ3n) is 9.22. The van der Waals surface area contributed by atoms with Crippen LogP contribution in [0.25, 0.3) is 22.7 Å². The van der Waals surface area contributed by atoms with Crippen LogP contribution in [0.15, 0.2) is 59.1 Å². The van der Waals surface area contributed by atoms with Crippen molar-refractivity contribution >= 4 is 11.8 Å². The highest BCUT2D eigenvalue weighted by Crippen LogP contribution is 2.36. The molecular weight excluding hydrogens is 568 g/mol. The van der Waals surface area contributed by atoms with E-state index in [1.165, 1.54) is 6.42 Å². The van der Waals surface area contributed by atoms with Crippen molar-refractivity contribution < 1.29 is 18.8 Å². The van der Waals surface area contributed by atoms with E-state index in [-0.39, 0.29) is 17.7 Å². The number of aromatic nitrogens is 4. The number of carbonyl (C=O) groups excluding carboxylic acids is 2. The molecule has 1 aliphatic carbocycles. The van der Waals surface area contributed by atoms with Crippen molar-refractivity contribution in [2.75, 3.05) is 13.1 Å². The SMILES string of the molecule is CC(C)c1ccc(-c2ccc(Oc3cc(-c4nc(C5CC(=O)N(C6CCC6)C5)no4)ccc3CN3C[C@@H](C)CC3=O)cc2)nn1. The highest BCUT2D eigenvalue weighted by Gasteiger charge is 2.39. The number of nitrogens with zero attached hydrogens (tertiary/aromatic N) is 6.